The van der Waals surface area contributed by atoms with Gasteiger partial charge in [-0.2, -0.15) is 15.0 Å². The predicted octanol–water partition coefficient (Wildman–Crippen LogP) is 1.26. The summed E-state index contributed by atoms with van der Waals surface area (Å²) in [6.07, 6.45) is 0. The van der Waals surface area contributed by atoms with Gasteiger partial charge in [0.1, 0.15) is 5.75 Å². The van der Waals surface area contributed by atoms with Crippen LogP contribution in [0.15, 0.2) is 24.3 Å². The lowest BCUT2D eigenvalue weighted by Gasteiger charge is -2.36. The summed E-state index contributed by atoms with van der Waals surface area (Å²) >= 11 is 5.99. The molecule has 3 rings (SSSR count). The monoisotopic (exact) mass is 364 g/mol. The van der Waals surface area contributed by atoms with Crippen molar-refractivity contribution in [3.05, 3.63) is 29.5 Å². The molecule has 0 aliphatic carbocycles. The highest BCUT2D eigenvalue weighted by molar-refractivity contribution is 6.28. The van der Waals surface area contributed by atoms with Gasteiger partial charge < -0.3 is 25.0 Å². The smallest absolute Gasteiger partial charge is 0.231 e. The molecular formula is C16H21ClN6O2. The fraction of sp³-hybridized carbons (Fsp3) is 0.438. The highest BCUT2D eigenvalue weighted by Gasteiger charge is 2.20. The van der Waals surface area contributed by atoms with E-state index in [-0.39, 0.29) is 11.9 Å². The molecule has 0 saturated carbocycles. The Hall–Kier alpha value is -2.32. The van der Waals surface area contributed by atoms with Crippen LogP contribution in [-0.4, -0.2) is 66.5 Å². The number of methoxy groups -OCH3 is 1. The Bertz CT molecular complexity index is 692. The first-order chi connectivity index (χ1) is 12.2. The fourth-order valence-electron chi connectivity index (χ4n) is 2.69. The molecule has 1 aliphatic heterocycles. The number of benzene rings is 1. The average molecular weight is 365 g/mol. The summed E-state index contributed by atoms with van der Waals surface area (Å²) in [7, 11) is 1.66. The summed E-state index contributed by atoms with van der Waals surface area (Å²) in [6.45, 7) is 3.64. The number of aromatic nitrogens is 3. The van der Waals surface area contributed by atoms with Crippen LogP contribution in [0.3, 0.4) is 0 Å². The minimum absolute atomic E-state index is 0.000823. The summed E-state index contributed by atoms with van der Waals surface area (Å²) in [4.78, 5) is 17.0. The second-order valence-corrected chi connectivity index (χ2v) is 5.89. The van der Waals surface area contributed by atoms with Gasteiger partial charge in [0.25, 0.3) is 0 Å². The number of anilines is 3. The number of rotatable bonds is 6. The van der Waals surface area contributed by atoms with Gasteiger partial charge >= 0.3 is 0 Å². The molecule has 2 N–H and O–H groups in total. The van der Waals surface area contributed by atoms with E-state index in [4.69, 9.17) is 21.4 Å². The van der Waals surface area contributed by atoms with Crippen molar-refractivity contribution in [1.82, 2.24) is 15.0 Å². The van der Waals surface area contributed by atoms with E-state index in [1.807, 2.05) is 12.1 Å². The average Bonchev–Trinajstić information content (AvgIpc) is 2.66. The molecule has 1 fully saturated rings. The minimum atomic E-state index is -0.000823. The van der Waals surface area contributed by atoms with Crippen LogP contribution in [0.5, 0.6) is 5.75 Å². The lowest BCUT2D eigenvalue weighted by atomic mass is 10.2. The summed E-state index contributed by atoms with van der Waals surface area (Å²) < 4.78 is 5.20. The topological polar surface area (TPSA) is 86.6 Å². The number of nitrogens with one attached hydrogen (secondary N) is 1. The van der Waals surface area contributed by atoms with E-state index in [2.05, 4.69) is 42.2 Å². The van der Waals surface area contributed by atoms with E-state index in [0.29, 0.717) is 18.4 Å². The third-order valence-electron chi connectivity index (χ3n) is 3.99. The Labute approximate surface area is 151 Å². The zero-order chi connectivity index (χ0) is 17.6. The molecular weight excluding hydrogens is 344 g/mol. The van der Waals surface area contributed by atoms with Crippen LogP contribution >= 0.6 is 11.6 Å². The number of halogens is 1. The predicted molar refractivity (Wildman–Crippen MR) is 97.8 cm³/mol. The van der Waals surface area contributed by atoms with Crippen LogP contribution in [0.2, 0.25) is 5.28 Å². The van der Waals surface area contributed by atoms with Crippen LogP contribution in [0.25, 0.3) is 0 Å². The largest absolute Gasteiger partial charge is 0.497 e. The molecule has 0 amide bonds. The van der Waals surface area contributed by atoms with Gasteiger partial charge in [-0.3, -0.25) is 0 Å². The molecule has 134 valence electrons. The number of hydrogen-bond donors (Lipinski definition) is 2. The second-order valence-electron chi connectivity index (χ2n) is 5.55. The Morgan fingerprint density at radius 2 is 1.76 bits per heavy atom. The maximum absolute atomic E-state index is 8.89. The zero-order valence-corrected chi connectivity index (χ0v) is 14.8. The van der Waals surface area contributed by atoms with Crippen LogP contribution in [-0.2, 0) is 0 Å². The molecule has 1 saturated heterocycles. The number of piperazine rings is 1. The van der Waals surface area contributed by atoms with Gasteiger partial charge in [0, 0.05) is 38.4 Å². The number of aliphatic hydroxyl groups excluding tert-OH is 1. The van der Waals surface area contributed by atoms with Gasteiger partial charge in [0.05, 0.1) is 13.7 Å². The van der Waals surface area contributed by atoms with Crippen molar-refractivity contribution in [2.75, 3.05) is 61.6 Å². The van der Waals surface area contributed by atoms with E-state index >= 15 is 0 Å². The third-order valence-corrected chi connectivity index (χ3v) is 4.16. The minimum Gasteiger partial charge on any atom is -0.497 e. The summed E-state index contributed by atoms with van der Waals surface area (Å²) in [5.41, 5.74) is 1.17. The van der Waals surface area contributed by atoms with Crippen molar-refractivity contribution < 1.29 is 9.84 Å². The van der Waals surface area contributed by atoms with E-state index in [9.17, 15) is 0 Å². The Morgan fingerprint density at radius 1 is 1.08 bits per heavy atom. The molecule has 8 nitrogen and oxygen atoms in total. The van der Waals surface area contributed by atoms with E-state index in [1.54, 1.807) is 7.11 Å². The molecule has 2 aromatic rings. The third kappa shape index (κ3) is 4.40. The van der Waals surface area contributed by atoms with Crippen molar-refractivity contribution >= 4 is 29.2 Å². The van der Waals surface area contributed by atoms with Gasteiger partial charge in [-0.15, -0.1) is 0 Å². The summed E-state index contributed by atoms with van der Waals surface area (Å²) in [6, 6.07) is 8.05. The maximum atomic E-state index is 8.89. The zero-order valence-electron chi connectivity index (χ0n) is 14.0. The first-order valence-corrected chi connectivity index (χ1v) is 8.47. The number of nitrogens with zero attached hydrogens (tertiary/aromatic N) is 5. The highest BCUT2D eigenvalue weighted by Crippen LogP contribution is 2.22. The van der Waals surface area contributed by atoms with E-state index in [1.165, 1.54) is 5.69 Å². The second kappa shape index (κ2) is 8.17. The molecule has 1 aromatic carbocycles. The van der Waals surface area contributed by atoms with E-state index in [0.717, 1.165) is 31.9 Å². The van der Waals surface area contributed by atoms with Crippen molar-refractivity contribution in [1.29, 1.82) is 0 Å². The first kappa shape index (κ1) is 17.5. The van der Waals surface area contributed by atoms with Crippen molar-refractivity contribution in [2.45, 2.75) is 0 Å². The Balaban J connectivity index is 1.64. The molecule has 0 spiro atoms. The SMILES string of the molecule is COc1ccc(N2CCN(c3nc(Cl)nc(NCCO)n3)CC2)cc1. The van der Waals surface area contributed by atoms with Crippen LogP contribution in [0, 0.1) is 0 Å². The summed E-state index contributed by atoms with van der Waals surface area (Å²) in [5.74, 6) is 1.78. The molecule has 0 bridgehead atoms. The first-order valence-electron chi connectivity index (χ1n) is 8.10. The van der Waals surface area contributed by atoms with Crippen molar-refractivity contribution in [2.24, 2.45) is 0 Å². The molecule has 2 heterocycles. The number of ether oxygens (including phenoxy) is 1. The highest BCUT2D eigenvalue weighted by atomic mass is 35.5. The van der Waals surface area contributed by atoms with Crippen LogP contribution in [0.4, 0.5) is 17.6 Å². The molecule has 1 aromatic heterocycles. The Morgan fingerprint density at radius 3 is 2.40 bits per heavy atom. The lowest BCUT2D eigenvalue weighted by molar-refractivity contribution is 0.311. The molecule has 0 radical (unpaired) electrons. The normalized spacial score (nSPS) is 14.5. The van der Waals surface area contributed by atoms with Crippen LogP contribution < -0.4 is 19.9 Å². The van der Waals surface area contributed by atoms with Gasteiger partial charge in [-0.05, 0) is 35.9 Å². The fourth-order valence-corrected chi connectivity index (χ4v) is 2.84. The Kier molecular flexibility index (Phi) is 5.72. The van der Waals surface area contributed by atoms with Crippen LogP contribution in [0.1, 0.15) is 0 Å². The van der Waals surface area contributed by atoms with Gasteiger partial charge in [-0.25, -0.2) is 0 Å². The number of hydrogen-bond acceptors (Lipinski definition) is 8. The lowest BCUT2D eigenvalue weighted by Crippen LogP contribution is -2.47. The van der Waals surface area contributed by atoms with Crippen molar-refractivity contribution in [3.8, 4) is 5.75 Å². The summed E-state index contributed by atoms with van der Waals surface area (Å²) in [5, 5.41) is 12.0. The van der Waals surface area contributed by atoms with Gasteiger partial charge in [0.15, 0.2) is 0 Å². The molecule has 25 heavy (non-hydrogen) atoms. The quantitative estimate of drug-likeness (QED) is 0.792. The molecule has 1 aliphatic rings. The standard InChI is InChI=1S/C16H21ClN6O2/c1-25-13-4-2-12(3-5-13)22-7-9-23(10-8-22)16-20-14(17)19-15(21-16)18-6-11-24/h2-5,24H,6-11H2,1H3,(H,18,19,20,21). The molecule has 0 unspecified atom stereocenters. The van der Waals surface area contributed by atoms with Gasteiger partial charge in [-0.1, -0.05) is 0 Å². The maximum Gasteiger partial charge on any atom is 0.231 e. The van der Waals surface area contributed by atoms with E-state index < -0.39 is 0 Å². The molecule has 0 atom stereocenters. The number of aliphatic hydroxyl groups is 1. The van der Waals surface area contributed by atoms with Crippen molar-refractivity contribution in [3.63, 3.8) is 0 Å². The molecule has 9 heteroatoms. The van der Waals surface area contributed by atoms with Gasteiger partial charge in [0.2, 0.25) is 17.2 Å².